The number of piperidine rings is 4. The Morgan fingerprint density at radius 2 is 1.55 bits per heavy atom. The molecule has 3 N–H and O–H groups in total. The fourth-order valence-electron chi connectivity index (χ4n) is 11.6. The number of carbonyl (C=O) groups is 4. The van der Waals surface area contributed by atoms with E-state index in [-0.39, 0.29) is 18.7 Å². The minimum atomic E-state index is -2.81. The Kier molecular flexibility index (Phi) is 13.3. The molecule has 5 aliphatic heterocycles. The number of hydrogen-bond donors (Lipinski definition) is 3. The first-order valence-corrected chi connectivity index (χ1v) is 28.7. The van der Waals surface area contributed by atoms with Crippen molar-refractivity contribution in [3.05, 3.63) is 89.0 Å². The fraction of sp³-hybridized carbons (Fsp3) is 0.415. The van der Waals surface area contributed by atoms with Gasteiger partial charge in [0.1, 0.15) is 30.3 Å². The van der Waals surface area contributed by atoms with Crippen molar-refractivity contribution in [1.29, 1.82) is 0 Å². The van der Waals surface area contributed by atoms with Crippen molar-refractivity contribution in [2.24, 2.45) is 18.4 Å². The van der Waals surface area contributed by atoms with Crippen LogP contribution in [0.5, 0.6) is 5.75 Å². The summed E-state index contributed by atoms with van der Waals surface area (Å²) in [6, 6.07) is 12.3. The number of aromatic nitrogens is 6. The summed E-state index contributed by atoms with van der Waals surface area (Å²) >= 11 is 3.62. The Morgan fingerprint density at radius 3 is 2.27 bits per heavy atom. The van der Waals surface area contributed by atoms with Gasteiger partial charge in [0, 0.05) is 99.5 Å². The molecular weight excluding hydrogens is 1030 g/mol. The van der Waals surface area contributed by atoms with Gasteiger partial charge in [-0.3, -0.25) is 44.0 Å². The second-order valence-electron chi connectivity index (χ2n) is 20.7. The molecule has 4 amide bonds. The number of methoxy groups -OCH3 is 1. The van der Waals surface area contributed by atoms with Crippen LogP contribution in [0.15, 0.2) is 77.9 Å². The zero-order valence-corrected chi connectivity index (χ0v) is 44.4. The third-order valence-electron chi connectivity index (χ3n) is 15.7. The van der Waals surface area contributed by atoms with Gasteiger partial charge in [0.15, 0.2) is 0 Å². The molecule has 1 unspecified atom stereocenters. The minimum Gasteiger partial charge on any atom is -0.494 e. The maximum Gasteiger partial charge on any atom is 0.262 e. The molecule has 384 valence electrons. The molecule has 6 aromatic rings. The average Bonchev–Trinajstić information content (AvgIpc) is 3.94. The number of rotatable bonds is 12. The molecule has 3 aromatic heterocycles. The molecule has 0 bridgehead atoms. The molecule has 0 radical (unpaired) electrons. The lowest BCUT2D eigenvalue weighted by Gasteiger charge is -2.48. The summed E-state index contributed by atoms with van der Waals surface area (Å²) in [4.78, 5) is 77.9. The Hall–Kier alpha value is -6.76. The van der Waals surface area contributed by atoms with Crippen molar-refractivity contribution in [2.75, 3.05) is 86.7 Å². The van der Waals surface area contributed by atoms with Gasteiger partial charge in [-0.05, 0) is 135 Å². The van der Waals surface area contributed by atoms with E-state index in [0.717, 1.165) is 98.9 Å². The van der Waals surface area contributed by atoms with Crippen molar-refractivity contribution < 1.29 is 28.5 Å². The summed E-state index contributed by atoms with van der Waals surface area (Å²) in [6.45, 7) is 10.3. The Balaban J connectivity index is 0.719. The van der Waals surface area contributed by atoms with E-state index in [9.17, 15) is 23.7 Å². The van der Waals surface area contributed by atoms with Crippen LogP contribution in [0.25, 0.3) is 22.2 Å². The third kappa shape index (κ3) is 9.63. The highest BCUT2D eigenvalue weighted by molar-refractivity contribution is 9.10. The molecule has 11 rings (SSSR count). The smallest absolute Gasteiger partial charge is 0.262 e. The van der Waals surface area contributed by atoms with Gasteiger partial charge in [-0.25, -0.2) is 4.98 Å². The maximum atomic E-state index is 13.6. The van der Waals surface area contributed by atoms with Gasteiger partial charge in [-0.1, -0.05) is 0 Å². The molecular formula is C53H59BrN13O6P. The lowest BCUT2D eigenvalue weighted by molar-refractivity contribution is -0.136. The van der Waals surface area contributed by atoms with Gasteiger partial charge in [0.2, 0.25) is 17.8 Å². The first-order valence-electron chi connectivity index (χ1n) is 25.3. The summed E-state index contributed by atoms with van der Waals surface area (Å²) in [5.74, 6) is 0.101. The third-order valence-corrected chi connectivity index (χ3v) is 17.8. The summed E-state index contributed by atoms with van der Waals surface area (Å²) in [5.41, 5.74) is 7.49. The second kappa shape index (κ2) is 19.8. The number of nitrogens with one attached hydrogen (secondary N) is 3. The van der Waals surface area contributed by atoms with Crippen LogP contribution in [0.1, 0.15) is 72.1 Å². The Labute approximate surface area is 437 Å². The van der Waals surface area contributed by atoms with Gasteiger partial charge in [-0.2, -0.15) is 10.1 Å². The number of ether oxygens (including phenoxy) is 1. The molecule has 0 aliphatic carbocycles. The zero-order chi connectivity index (χ0) is 51.5. The van der Waals surface area contributed by atoms with Crippen molar-refractivity contribution in [3.63, 3.8) is 0 Å². The predicted octanol–water partition coefficient (Wildman–Crippen LogP) is 7.33. The number of imide groups is 2. The highest BCUT2D eigenvalue weighted by Crippen LogP contribution is 2.47. The average molecular weight is 1090 g/mol. The number of aryl methyl sites for hydroxylation is 1. The molecule has 3 aromatic carbocycles. The number of fused-ring (bicyclic) bond motifs is 2. The van der Waals surface area contributed by atoms with Gasteiger partial charge < -0.3 is 34.6 Å². The van der Waals surface area contributed by atoms with Crippen molar-refractivity contribution in [2.45, 2.75) is 57.4 Å². The molecule has 4 fully saturated rings. The SMILES string of the molecule is COc1cc(N2CCC3(CCN(CC4CCN(c5ccc6c(c5)C(=O)N(C5CCC(=O)NC5=O)C6=O)CC4)CC3)CC2)c(-c2cnn(C)c2)cc1Nc1ncc(Br)c(Nc2ccc3nccnc3c2P(C)(C)=O)n1. The van der Waals surface area contributed by atoms with Crippen LogP contribution >= 0.6 is 23.1 Å². The van der Waals surface area contributed by atoms with E-state index in [0.29, 0.717) is 72.2 Å². The van der Waals surface area contributed by atoms with E-state index in [2.05, 4.69) is 78.8 Å². The van der Waals surface area contributed by atoms with Gasteiger partial charge in [-0.15, -0.1) is 0 Å². The number of hydrogen-bond acceptors (Lipinski definition) is 16. The standard InChI is InChI=1S/C53H59BrN13O6P/c1-63-31-33(28-58-63)36-26-41(60-52-57-29-38(54)48(62-52)59-40-8-7-39-46(56-18-17-55-39)47(40)74(3,4)72)44(73-2)27-43(36)66-23-15-53(16-24-66)13-21-64(22-14-53)30-32-11-19-65(20-12-32)34-5-6-35-37(25-34)51(71)67(50(35)70)42-9-10-45(68)61-49(42)69/h5-8,17-18,25-29,31-32,42H,9-16,19-24,30H2,1-4H3,(H,61,68,69)(H2,57,59,60,62). The van der Waals surface area contributed by atoms with E-state index < -0.39 is 30.9 Å². The van der Waals surface area contributed by atoms with Gasteiger partial charge >= 0.3 is 0 Å². The van der Waals surface area contributed by atoms with Gasteiger partial charge in [0.05, 0.1) is 51.1 Å². The quantitative estimate of drug-likeness (QED) is 0.0809. The molecule has 0 saturated carbocycles. The predicted molar refractivity (Wildman–Crippen MR) is 288 cm³/mol. The van der Waals surface area contributed by atoms with Crippen LogP contribution in [0.2, 0.25) is 0 Å². The van der Waals surface area contributed by atoms with E-state index in [4.69, 9.17) is 9.72 Å². The molecule has 4 saturated heterocycles. The largest absolute Gasteiger partial charge is 0.494 e. The number of likely N-dealkylation sites (tertiary alicyclic amines) is 1. The van der Waals surface area contributed by atoms with Gasteiger partial charge in [0.25, 0.3) is 11.8 Å². The number of nitrogens with zero attached hydrogens (tertiary/aromatic N) is 10. The number of benzene rings is 3. The molecule has 8 heterocycles. The van der Waals surface area contributed by atoms with E-state index in [1.54, 1.807) is 51.2 Å². The van der Waals surface area contributed by atoms with E-state index in [1.165, 1.54) is 12.8 Å². The van der Waals surface area contributed by atoms with E-state index >= 15 is 0 Å². The summed E-state index contributed by atoms with van der Waals surface area (Å²) in [7, 11) is 0.783. The number of carbonyl (C=O) groups excluding carboxylic acids is 4. The maximum absolute atomic E-state index is 13.6. The Morgan fingerprint density at radius 1 is 0.811 bits per heavy atom. The number of anilines is 6. The molecule has 5 aliphatic rings. The summed E-state index contributed by atoms with van der Waals surface area (Å²) in [5, 5.41) is 14.2. The molecule has 19 nitrogen and oxygen atoms in total. The molecule has 74 heavy (non-hydrogen) atoms. The molecule has 1 spiro atoms. The monoisotopic (exact) mass is 1080 g/mol. The molecule has 1 atom stereocenters. The first kappa shape index (κ1) is 49.5. The highest BCUT2D eigenvalue weighted by atomic mass is 79.9. The lowest BCUT2D eigenvalue weighted by atomic mass is 9.71. The zero-order valence-electron chi connectivity index (χ0n) is 41.9. The van der Waals surface area contributed by atoms with E-state index in [1.807, 2.05) is 42.3 Å². The van der Waals surface area contributed by atoms with Crippen LogP contribution in [0.3, 0.4) is 0 Å². The van der Waals surface area contributed by atoms with Crippen LogP contribution in [0, 0.1) is 11.3 Å². The minimum absolute atomic E-state index is 0.0924. The fourth-order valence-corrected chi connectivity index (χ4v) is 13.3. The van der Waals surface area contributed by atoms with Crippen molar-refractivity contribution in [1.82, 2.24) is 44.8 Å². The first-order chi connectivity index (χ1) is 35.6. The Bertz CT molecular complexity index is 3260. The normalized spacial score (nSPS) is 19.6. The van der Waals surface area contributed by atoms with Crippen LogP contribution in [-0.4, -0.2) is 135 Å². The highest BCUT2D eigenvalue weighted by Gasteiger charge is 2.45. The van der Waals surface area contributed by atoms with Crippen molar-refractivity contribution in [3.8, 4) is 16.9 Å². The number of halogens is 1. The number of amides is 4. The molecule has 21 heteroatoms. The topological polar surface area (TPSA) is 213 Å². The van der Waals surface area contributed by atoms with Crippen LogP contribution < -0.4 is 35.8 Å². The van der Waals surface area contributed by atoms with Crippen LogP contribution in [-0.2, 0) is 21.2 Å². The summed E-state index contributed by atoms with van der Waals surface area (Å²) < 4.78 is 22.2. The van der Waals surface area contributed by atoms with Crippen LogP contribution in [0.4, 0.5) is 34.5 Å². The van der Waals surface area contributed by atoms with Crippen molar-refractivity contribution >= 4 is 97.6 Å². The second-order valence-corrected chi connectivity index (χ2v) is 24.7. The lowest BCUT2D eigenvalue weighted by Crippen LogP contribution is -2.54. The summed E-state index contributed by atoms with van der Waals surface area (Å²) in [6.07, 6.45) is 15.7.